The summed E-state index contributed by atoms with van der Waals surface area (Å²) in [4.78, 5) is 40.0. The minimum absolute atomic E-state index is 0.218. The molecule has 1 saturated heterocycles. The van der Waals surface area contributed by atoms with E-state index in [2.05, 4.69) is 0 Å². The highest BCUT2D eigenvalue weighted by Gasteiger charge is 2.37. The van der Waals surface area contributed by atoms with Crippen molar-refractivity contribution in [2.24, 2.45) is 0 Å². The number of hydrogen-bond donors (Lipinski definition) is 0. The van der Waals surface area contributed by atoms with Gasteiger partial charge >= 0.3 is 0 Å². The van der Waals surface area contributed by atoms with Crippen molar-refractivity contribution in [2.45, 2.75) is 27.7 Å². The molecule has 6 nitrogen and oxygen atoms in total. The number of carbonyl (C=O) groups excluding carboxylic acids is 3. The molecular weight excluding hydrogens is 352 g/mol. The molecule has 1 heterocycles. The molecule has 7 heteroatoms. The van der Waals surface area contributed by atoms with Gasteiger partial charge in [-0.05, 0) is 74.4 Å². The first kappa shape index (κ1) is 20.0. The fourth-order valence-corrected chi connectivity index (χ4v) is 3.61. The third-order valence-corrected chi connectivity index (χ3v) is 5.26. The van der Waals surface area contributed by atoms with Crippen molar-refractivity contribution in [3.8, 4) is 5.75 Å². The van der Waals surface area contributed by atoms with E-state index in [-0.39, 0.29) is 12.5 Å². The van der Waals surface area contributed by atoms with E-state index in [1.807, 2.05) is 39.8 Å². The standard InChI is InChI=1S/C19H24N2O4S/c1-6-20(7-2)17(22)11-21-18(23)16(26-19(21)24)10-14-8-13(4)15(25-5)9-12(14)3/h8-10H,6-7,11H2,1-5H3/b16-10-. The Labute approximate surface area is 158 Å². The molecule has 0 atom stereocenters. The predicted molar refractivity (Wildman–Crippen MR) is 103 cm³/mol. The quantitative estimate of drug-likeness (QED) is 0.713. The Kier molecular flexibility index (Phi) is 6.47. The van der Waals surface area contributed by atoms with Gasteiger partial charge in [0.05, 0.1) is 12.0 Å². The van der Waals surface area contributed by atoms with E-state index in [1.165, 1.54) is 0 Å². The second-order valence-corrected chi connectivity index (χ2v) is 7.01. The number of amides is 3. The van der Waals surface area contributed by atoms with Crippen LogP contribution >= 0.6 is 11.8 Å². The maximum atomic E-state index is 12.6. The number of ether oxygens (including phenoxy) is 1. The average Bonchev–Trinajstić information content (AvgIpc) is 2.86. The second kappa shape index (κ2) is 8.40. The minimum Gasteiger partial charge on any atom is -0.496 e. The number of aryl methyl sites for hydroxylation is 2. The van der Waals surface area contributed by atoms with Crippen LogP contribution in [0.3, 0.4) is 0 Å². The summed E-state index contributed by atoms with van der Waals surface area (Å²) >= 11 is 0.867. The number of thioether (sulfide) groups is 1. The maximum Gasteiger partial charge on any atom is 0.294 e. The fourth-order valence-electron chi connectivity index (χ4n) is 2.78. The van der Waals surface area contributed by atoms with E-state index in [1.54, 1.807) is 18.1 Å². The van der Waals surface area contributed by atoms with Crippen LogP contribution < -0.4 is 4.74 Å². The van der Waals surface area contributed by atoms with Crippen molar-refractivity contribution in [3.05, 3.63) is 33.7 Å². The van der Waals surface area contributed by atoms with E-state index < -0.39 is 11.1 Å². The van der Waals surface area contributed by atoms with Gasteiger partial charge < -0.3 is 9.64 Å². The average molecular weight is 376 g/mol. The summed E-state index contributed by atoms with van der Waals surface area (Å²) in [6.45, 7) is 8.45. The SMILES string of the molecule is CCN(CC)C(=O)CN1C(=O)S/C(=C\c2cc(C)c(OC)cc2C)C1=O. The summed E-state index contributed by atoms with van der Waals surface area (Å²) in [5.74, 6) is 0.126. The zero-order valence-corrected chi connectivity index (χ0v) is 16.6. The third-order valence-electron chi connectivity index (χ3n) is 4.35. The van der Waals surface area contributed by atoms with Gasteiger partial charge in [-0.2, -0.15) is 0 Å². The summed E-state index contributed by atoms with van der Waals surface area (Å²) in [5, 5.41) is -0.412. The van der Waals surface area contributed by atoms with Crippen LogP contribution in [0.1, 0.15) is 30.5 Å². The monoisotopic (exact) mass is 376 g/mol. The Balaban J connectivity index is 2.24. The van der Waals surface area contributed by atoms with E-state index in [0.29, 0.717) is 18.0 Å². The van der Waals surface area contributed by atoms with Crippen LogP contribution in [0.25, 0.3) is 6.08 Å². The summed E-state index contributed by atoms with van der Waals surface area (Å²) < 4.78 is 5.30. The Bertz CT molecular complexity index is 769. The van der Waals surface area contributed by atoms with Crippen molar-refractivity contribution < 1.29 is 19.1 Å². The van der Waals surface area contributed by atoms with Gasteiger partial charge in [-0.15, -0.1) is 0 Å². The Morgan fingerprint density at radius 3 is 2.42 bits per heavy atom. The number of nitrogens with zero attached hydrogens (tertiary/aromatic N) is 2. The van der Waals surface area contributed by atoms with Gasteiger partial charge in [0.15, 0.2) is 0 Å². The molecule has 0 aliphatic carbocycles. The highest BCUT2D eigenvalue weighted by atomic mass is 32.2. The lowest BCUT2D eigenvalue weighted by Gasteiger charge is -2.21. The Hall–Kier alpha value is -2.28. The summed E-state index contributed by atoms with van der Waals surface area (Å²) in [6, 6.07) is 3.82. The van der Waals surface area contributed by atoms with Crippen LogP contribution in [0.4, 0.5) is 4.79 Å². The highest BCUT2D eigenvalue weighted by Crippen LogP contribution is 2.33. The molecule has 1 aliphatic rings. The Morgan fingerprint density at radius 2 is 1.85 bits per heavy atom. The van der Waals surface area contributed by atoms with Crippen molar-refractivity contribution in [2.75, 3.05) is 26.7 Å². The van der Waals surface area contributed by atoms with Gasteiger partial charge in [-0.25, -0.2) is 0 Å². The predicted octanol–water partition coefficient (Wildman–Crippen LogP) is 3.22. The zero-order valence-electron chi connectivity index (χ0n) is 15.8. The summed E-state index contributed by atoms with van der Waals surface area (Å²) in [5.41, 5.74) is 2.74. The lowest BCUT2D eigenvalue weighted by atomic mass is 10.0. The first-order chi connectivity index (χ1) is 12.3. The van der Waals surface area contributed by atoms with E-state index in [0.717, 1.165) is 39.1 Å². The molecular formula is C19H24N2O4S. The van der Waals surface area contributed by atoms with Crippen LogP contribution in [0.5, 0.6) is 5.75 Å². The Morgan fingerprint density at radius 1 is 1.19 bits per heavy atom. The third kappa shape index (κ3) is 4.09. The molecule has 1 aliphatic heterocycles. The highest BCUT2D eigenvalue weighted by molar-refractivity contribution is 8.18. The number of rotatable bonds is 6. The van der Waals surface area contributed by atoms with Crippen molar-refractivity contribution in [3.63, 3.8) is 0 Å². The van der Waals surface area contributed by atoms with Crippen LogP contribution in [-0.2, 0) is 9.59 Å². The molecule has 1 aromatic rings. The normalized spacial score (nSPS) is 15.7. The maximum absolute atomic E-state index is 12.6. The minimum atomic E-state index is -0.423. The van der Waals surface area contributed by atoms with Crippen LogP contribution in [-0.4, -0.2) is 53.6 Å². The first-order valence-corrected chi connectivity index (χ1v) is 9.32. The molecule has 1 aromatic carbocycles. The zero-order chi connectivity index (χ0) is 19.4. The molecule has 1 fully saturated rings. The van der Waals surface area contributed by atoms with E-state index in [4.69, 9.17) is 4.74 Å². The number of benzene rings is 1. The number of imide groups is 1. The van der Waals surface area contributed by atoms with Crippen LogP contribution in [0.15, 0.2) is 17.0 Å². The molecule has 0 unspecified atom stereocenters. The molecule has 0 N–H and O–H groups in total. The molecule has 26 heavy (non-hydrogen) atoms. The number of carbonyl (C=O) groups is 3. The number of hydrogen-bond acceptors (Lipinski definition) is 5. The van der Waals surface area contributed by atoms with Gasteiger partial charge in [0, 0.05) is 13.1 Å². The molecule has 3 amide bonds. The number of likely N-dealkylation sites (N-methyl/N-ethyl adjacent to an activating group) is 1. The largest absolute Gasteiger partial charge is 0.496 e. The molecule has 0 bridgehead atoms. The molecule has 140 valence electrons. The fraction of sp³-hybridized carbons (Fsp3) is 0.421. The van der Waals surface area contributed by atoms with Crippen molar-refractivity contribution >= 4 is 34.9 Å². The van der Waals surface area contributed by atoms with Crippen molar-refractivity contribution in [1.82, 2.24) is 9.80 Å². The molecule has 0 aromatic heterocycles. The van der Waals surface area contributed by atoms with Gasteiger partial charge in [0.25, 0.3) is 11.1 Å². The second-order valence-electron chi connectivity index (χ2n) is 6.01. The molecule has 2 rings (SSSR count). The van der Waals surface area contributed by atoms with Crippen LogP contribution in [0, 0.1) is 13.8 Å². The first-order valence-electron chi connectivity index (χ1n) is 8.50. The molecule has 0 spiro atoms. The lowest BCUT2D eigenvalue weighted by Crippen LogP contribution is -2.41. The van der Waals surface area contributed by atoms with E-state index in [9.17, 15) is 14.4 Å². The summed E-state index contributed by atoms with van der Waals surface area (Å²) in [7, 11) is 1.61. The smallest absolute Gasteiger partial charge is 0.294 e. The molecule has 0 radical (unpaired) electrons. The van der Waals surface area contributed by atoms with Gasteiger partial charge in [0.1, 0.15) is 12.3 Å². The topological polar surface area (TPSA) is 66.9 Å². The van der Waals surface area contributed by atoms with Gasteiger partial charge in [-0.3, -0.25) is 19.3 Å². The van der Waals surface area contributed by atoms with Crippen molar-refractivity contribution in [1.29, 1.82) is 0 Å². The molecule has 0 saturated carbocycles. The van der Waals surface area contributed by atoms with Gasteiger partial charge in [0.2, 0.25) is 5.91 Å². The van der Waals surface area contributed by atoms with E-state index >= 15 is 0 Å². The van der Waals surface area contributed by atoms with Gasteiger partial charge in [-0.1, -0.05) is 0 Å². The van der Waals surface area contributed by atoms with Crippen LogP contribution in [0.2, 0.25) is 0 Å². The summed E-state index contributed by atoms with van der Waals surface area (Å²) in [6.07, 6.45) is 1.70. The number of methoxy groups -OCH3 is 1. The lowest BCUT2D eigenvalue weighted by molar-refractivity contribution is -0.135.